The number of hydrogen-bond donors (Lipinski definition) is 1. The number of carbonyl (C=O) groups is 2. The molecule has 168 valence electrons. The molecule has 0 saturated heterocycles. The van der Waals surface area contributed by atoms with Gasteiger partial charge in [0.15, 0.2) is 5.69 Å². The first kappa shape index (κ1) is 22.9. The maximum absolute atomic E-state index is 13.2. The standard InChI is InChI=1S/C21H20F3N5O3/c1-32-12-11-28(14-19(30)26-17-10-6-5-9-16(17)21(22,23)24)20(31)18-13-25-29(27-18)15-7-3-2-4-8-15/h2-10,13H,11-12,14H2,1H3,(H,26,30). The van der Waals surface area contributed by atoms with Crippen LogP contribution in [0.15, 0.2) is 60.8 Å². The third-order valence-corrected chi connectivity index (χ3v) is 4.39. The van der Waals surface area contributed by atoms with Gasteiger partial charge in [0.2, 0.25) is 5.91 Å². The number of para-hydroxylation sites is 2. The van der Waals surface area contributed by atoms with Gasteiger partial charge in [-0.1, -0.05) is 30.3 Å². The minimum Gasteiger partial charge on any atom is -0.383 e. The van der Waals surface area contributed by atoms with Crippen LogP contribution >= 0.6 is 0 Å². The van der Waals surface area contributed by atoms with Crippen LogP contribution in [0.3, 0.4) is 0 Å². The van der Waals surface area contributed by atoms with Crippen molar-refractivity contribution in [2.24, 2.45) is 0 Å². The molecule has 0 atom stereocenters. The van der Waals surface area contributed by atoms with Crippen molar-refractivity contribution in [2.75, 3.05) is 32.1 Å². The average Bonchev–Trinajstić information content (AvgIpc) is 3.27. The quantitative estimate of drug-likeness (QED) is 0.574. The van der Waals surface area contributed by atoms with Crippen LogP contribution < -0.4 is 5.32 Å². The van der Waals surface area contributed by atoms with Gasteiger partial charge in [-0.05, 0) is 24.3 Å². The molecule has 0 aliphatic heterocycles. The zero-order valence-corrected chi connectivity index (χ0v) is 17.0. The fourth-order valence-corrected chi connectivity index (χ4v) is 2.87. The lowest BCUT2D eigenvalue weighted by Crippen LogP contribution is -2.40. The van der Waals surface area contributed by atoms with E-state index < -0.39 is 30.1 Å². The molecular weight excluding hydrogens is 427 g/mol. The number of carbonyl (C=O) groups excluding carboxylic acids is 2. The fraction of sp³-hybridized carbons (Fsp3) is 0.238. The second kappa shape index (κ2) is 10.1. The average molecular weight is 447 g/mol. The number of anilines is 1. The van der Waals surface area contributed by atoms with Crippen LogP contribution in [0.5, 0.6) is 0 Å². The minimum absolute atomic E-state index is 0.0200. The van der Waals surface area contributed by atoms with Gasteiger partial charge in [0.1, 0.15) is 6.54 Å². The Balaban J connectivity index is 1.75. The maximum Gasteiger partial charge on any atom is 0.418 e. The Morgan fingerprint density at radius 1 is 1.09 bits per heavy atom. The van der Waals surface area contributed by atoms with E-state index in [0.29, 0.717) is 5.69 Å². The second-order valence-corrected chi connectivity index (χ2v) is 6.67. The van der Waals surface area contributed by atoms with E-state index in [2.05, 4.69) is 15.5 Å². The minimum atomic E-state index is -4.63. The number of aromatic nitrogens is 3. The predicted molar refractivity (Wildman–Crippen MR) is 109 cm³/mol. The lowest BCUT2D eigenvalue weighted by Gasteiger charge is -2.21. The Morgan fingerprint density at radius 2 is 1.78 bits per heavy atom. The number of rotatable bonds is 8. The highest BCUT2D eigenvalue weighted by atomic mass is 19.4. The van der Waals surface area contributed by atoms with Crippen molar-refractivity contribution < 1.29 is 27.5 Å². The molecule has 1 heterocycles. The fourth-order valence-electron chi connectivity index (χ4n) is 2.87. The Bertz CT molecular complexity index is 1070. The van der Waals surface area contributed by atoms with Gasteiger partial charge in [0, 0.05) is 13.7 Å². The Labute approximate surface area is 181 Å². The molecule has 2 aromatic carbocycles. The third-order valence-electron chi connectivity index (χ3n) is 4.39. The van der Waals surface area contributed by atoms with Gasteiger partial charge >= 0.3 is 6.18 Å². The van der Waals surface area contributed by atoms with Crippen molar-refractivity contribution >= 4 is 17.5 Å². The molecule has 3 rings (SSSR count). The highest BCUT2D eigenvalue weighted by Crippen LogP contribution is 2.34. The van der Waals surface area contributed by atoms with Gasteiger partial charge < -0.3 is 15.0 Å². The van der Waals surface area contributed by atoms with E-state index in [1.54, 1.807) is 24.3 Å². The predicted octanol–water partition coefficient (Wildman–Crippen LogP) is 3.01. The summed E-state index contributed by atoms with van der Waals surface area (Å²) in [6, 6.07) is 13.5. The van der Waals surface area contributed by atoms with E-state index >= 15 is 0 Å². The Kier molecular flexibility index (Phi) is 7.21. The van der Waals surface area contributed by atoms with Gasteiger partial charge in [-0.3, -0.25) is 9.59 Å². The van der Waals surface area contributed by atoms with Gasteiger partial charge in [0.05, 0.1) is 29.7 Å². The summed E-state index contributed by atoms with van der Waals surface area (Å²) in [5, 5.41) is 10.4. The number of halogens is 3. The molecule has 3 aromatic rings. The molecule has 0 spiro atoms. The number of amides is 2. The zero-order valence-electron chi connectivity index (χ0n) is 17.0. The summed E-state index contributed by atoms with van der Waals surface area (Å²) >= 11 is 0. The lowest BCUT2D eigenvalue weighted by atomic mass is 10.1. The summed E-state index contributed by atoms with van der Waals surface area (Å²) in [4.78, 5) is 27.8. The first-order valence-corrected chi connectivity index (χ1v) is 9.51. The van der Waals surface area contributed by atoms with Crippen molar-refractivity contribution in [1.82, 2.24) is 19.9 Å². The molecule has 11 heteroatoms. The summed E-state index contributed by atoms with van der Waals surface area (Å²) < 4.78 is 44.5. The van der Waals surface area contributed by atoms with E-state index in [4.69, 9.17) is 4.74 Å². The molecule has 1 N–H and O–H groups in total. The lowest BCUT2D eigenvalue weighted by molar-refractivity contribution is -0.137. The van der Waals surface area contributed by atoms with Crippen LogP contribution in [-0.4, -0.2) is 58.5 Å². The van der Waals surface area contributed by atoms with Crippen LogP contribution in [0.4, 0.5) is 18.9 Å². The molecule has 32 heavy (non-hydrogen) atoms. The zero-order chi connectivity index (χ0) is 23.1. The SMILES string of the molecule is COCCN(CC(=O)Nc1ccccc1C(F)(F)F)C(=O)c1cnn(-c2ccccc2)n1. The normalized spacial score (nSPS) is 11.2. The van der Waals surface area contributed by atoms with Gasteiger partial charge in [-0.25, -0.2) is 0 Å². The molecule has 1 aromatic heterocycles. The van der Waals surface area contributed by atoms with Crippen LogP contribution in [-0.2, 0) is 15.7 Å². The number of nitrogens with one attached hydrogen (secondary N) is 1. The molecule has 0 fully saturated rings. The topological polar surface area (TPSA) is 89.4 Å². The van der Waals surface area contributed by atoms with E-state index in [1.807, 2.05) is 6.07 Å². The number of methoxy groups -OCH3 is 1. The van der Waals surface area contributed by atoms with Crippen molar-refractivity contribution in [3.63, 3.8) is 0 Å². The molecule has 0 unspecified atom stereocenters. The maximum atomic E-state index is 13.2. The third kappa shape index (κ3) is 5.70. The van der Waals surface area contributed by atoms with E-state index in [1.165, 1.54) is 30.2 Å². The van der Waals surface area contributed by atoms with Crippen LogP contribution in [0, 0.1) is 0 Å². The first-order chi connectivity index (χ1) is 15.3. The Hall–Kier alpha value is -3.73. The molecule has 0 saturated carbocycles. The Morgan fingerprint density at radius 3 is 2.47 bits per heavy atom. The second-order valence-electron chi connectivity index (χ2n) is 6.67. The van der Waals surface area contributed by atoms with Crippen LogP contribution in [0.2, 0.25) is 0 Å². The highest BCUT2D eigenvalue weighted by Gasteiger charge is 2.33. The van der Waals surface area contributed by atoms with Gasteiger partial charge in [-0.2, -0.15) is 23.1 Å². The monoisotopic (exact) mass is 447 g/mol. The number of nitrogens with zero attached hydrogens (tertiary/aromatic N) is 4. The number of hydrogen-bond acceptors (Lipinski definition) is 5. The molecular formula is C21H20F3N5O3. The molecule has 0 bridgehead atoms. The number of ether oxygens (including phenoxy) is 1. The number of benzene rings is 2. The van der Waals surface area contributed by atoms with Crippen molar-refractivity contribution in [2.45, 2.75) is 6.18 Å². The van der Waals surface area contributed by atoms with Crippen molar-refractivity contribution in [3.8, 4) is 5.69 Å². The summed E-state index contributed by atoms with van der Waals surface area (Å²) in [5.41, 5.74) is -0.752. The van der Waals surface area contributed by atoms with Gasteiger partial charge in [-0.15, -0.1) is 5.10 Å². The molecule has 0 aliphatic carbocycles. The van der Waals surface area contributed by atoms with E-state index in [9.17, 15) is 22.8 Å². The van der Waals surface area contributed by atoms with E-state index in [0.717, 1.165) is 17.0 Å². The molecule has 8 nitrogen and oxygen atoms in total. The van der Waals surface area contributed by atoms with Crippen LogP contribution in [0.1, 0.15) is 16.1 Å². The summed E-state index contributed by atoms with van der Waals surface area (Å²) in [5.74, 6) is -1.40. The van der Waals surface area contributed by atoms with Gasteiger partial charge in [0.25, 0.3) is 5.91 Å². The molecule has 0 radical (unpaired) electrons. The first-order valence-electron chi connectivity index (χ1n) is 9.51. The smallest absolute Gasteiger partial charge is 0.383 e. The summed E-state index contributed by atoms with van der Waals surface area (Å²) in [6.45, 7) is -0.348. The van der Waals surface area contributed by atoms with Crippen molar-refractivity contribution in [1.29, 1.82) is 0 Å². The largest absolute Gasteiger partial charge is 0.418 e. The van der Waals surface area contributed by atoms with Crippen molar-refractivity contribution in [3.05, 3.63) is 72.1 Å². The van der Waals surface area contributed by atoms with E-state index in [-0.39, 0.29) is 24.5 Å². The molecule has 2 amide bonds. The number of alkyl halides is 3. The highest BCUT2D eigenvalue weighted by molar-refractivity contribution is 5.98. The summed E-state index contributed by atoms with van der Waals surface area (Å²) in [6.07, 6.45) is -3.38. The summed E-state index contributed by atoms with van der Waals surface area (Å²) in [7, 11) is 1.42. The molecule has 0 aliphatic rings. The van der Waals surface area contributed by atoms with Crippen LogP contribution in [0.25, 0.3) is 5.69 Å².